The van der Waals surface area contributed by atoms with Crippen LogP contribution in [0, 0.1) is 0 Å². The molecule has 1 saturated heterocycles. The second-order valence-corrected chi connectivity index (χ2v) is 12.8. The van der Waals surface area contributed by atoms with Crippen LogP contribution in [0.5, 0.6) is 5.75 Å². The molecule has 0 saturated carbocycles. The van der Waals surface area contributed by atoms with Crippen LogP contribution >= 0.6 is 0 Å². The lowest BCUT2D eigenvalue weighted by Gasteiger charge is -2.28. The third-order valence-electron chi connectivity index (χ3n) is 9.16. The van der Waals surface area contributed by atoms with E-state index >= 15 is 0 Å². The SMILES string of the molecule is CN(CCN1CCCCC1)C(=O)CCCCCN(Cc1ccccc1)C[C@H](O)c1ccc(OCc2ccccc2)c2[nH]c(=O)ccc12. The van der Waals surface area contributed by atoms with E-state index in [2.05, 4.69) is 26.9 Å². The standard InChI is InChI=1S/C39H50N4O4/c1-41(26-27-42-23-12-5-13-24-42)38(46)18-10-4-11-25-43(28-31-14-6-2-7-15-31)29-35(44)33-19-21-36(39-34(33)20-22-37(45)40-39)47-30-32-16-8-3-9-17-32/h2-3,6-9,14-17,19-22,35,44H,4-5,10-13,18,23-30H2,1H3,(H,40,45)/t35-/m0/s1. The summed E-state index contributed by atoms with van der Waals surface area (Å²) in [4.78, 5) is 34.6. The number of likely N-dealkylation sites (tertiary alicyclic amines) is 1. The lowest BCUT2D eigenvalue weighted by Crippen LogP contribution is -2.38. The fourth-order valence-electron chi connectivity index (χ4n) is 6.39. The van der Waals surface area contributed by atoms with Crippen LogP contribution in [-0.4, -0.2) is 77.0 Å². The smallest absolute Gasteiger partial charge is 0.248 e. The Labute approximate surface area is 279 Å². The molecule has 1 aliphatic heterocycles. The molecule has 2 N–H and O–H groups in total. The van der Waals surface area contributed by atoms with Crippen molar-refractivity contribution in [3.63, 3.8) is 0 Å². The summed E-state index contributed by atoms with van der Waals surface area (Å²) >= 11 is 0. The molecule has 47 heavy (non-hydrogen) atoms. The zero-order valence-electron chi connectivity index (χ0n) is 27.8. The number of aromatic nitrogens is 1. The summed E-state index contributed by atoms with van der Waals surface area (Å²) in [6.07, 6.45) is 6.40. The third-order valence-corrected chi connectivity index (χ3v) is 9.16. The molecule has 4 aromatic rings. The Balaban J connectivity index is 1.18. The van der Waals surface area contributed by atoms with Crippen LogP contribution in [0.15, 0.2) is 89.7 Å². The Morgan fingerprint density at radius 3 is 2.34 bits per heavy atom. The van der Waals surface area contributed by atoms with Gasteiger partial charge >= 0.3 is 0 Å². The van der Waals surface area contributed by atoms with Gasteiger partial charge < -0.3 is 24.6 Å². The first-order chi connectivity index (χ1) is 23.0. The maximum atomic E-state index is 12.8. The van der Waals surface area contributed by atoms with Gasteiger partial charge in [-0.15, -0.1) is 0 Å². The van der Waals surface area contributed by atoms with Gasteiger partial charge in [0.2, 0.25) is 11.5 Å². The fraction of sp³-hybridized carbons (Fsp3) is 0.436. The van der Waals surface area contributed by atoms with E-state index in [1.807, 2.05) is 72.6 Å². The van der Waals surface area contributed by atoms with E-state index in [9.17, 15) is 14.7 Å². The average molecular weight is 639 g/mol. The number of piperidine rings is 1. The largest absolute Gasteiger partial charge is 0.487 e. The summed E-state index contributed by atoms with van der Waals surface area (Å²) in [7, 11) is 1.93. The van der Waals surface area contributed by atoms with Crippen LogP contribution < -0.4 is 10.3 Å². The van der Waals surface area contributed by atoms with Crippen LogP contribution in [0.1, 0.15) is 67.7 Å². The molecule has 0 spiro atoms. The second-order valence-electron chi connectivity index (χ2n) is 12.8. The molecular weight excluding hydrogens is 588 g/mol. The maximum Gasteiger partial charge on any atom is 0.248 e. The van der Waals surface area contributed by atoms with Gasteiger partial charge in [-0.1, -0.05) is 79.6 Å². The first kappa shape index (κ1) is 34.4. The molecule has 1 fully saturated rings. The number of ether oxygens (including phenoxy) is 1. The highest BCUT2D eigenvalue weighted by Crippen LogP contribution is 2.31. The lowest BCUT2D eigenvalue weighted by molar-refractivity contribution is -0.130. The van der Waals surface area contributed by atoms with E-state index in [1.54, 1.807) is 6.07 Å². The van der Waals surface area contributed by atoms with Crippen LogP contribution in [0.2, 0.25) is 0 Å². The third kappa shape index (κ3) is 10.5. The number of likely N-dealkylation sites (N-methyl/N-ethyl adjacent to an activating group) is 1. The molecule has 3 aromatic carbocycles. The monoisotopic (exact) mass is 638 g/mol. The minimum atomic E-state index is -0.773. The van der Waals surface area contributed by atoms with Crippen molar-refractivity contribution in [2.24, 2.45) is 0 Å². The highest BCUT2D eigenvalue weighted by Gasteiger charge is 2.19. The lowest BCUT2D eigenvalue weighted by atomic mass is 10.0. The highest BCUT2D eigenvalue weighted by atomic mass is 16.5. The summed E-state index contributed by atoms with van der Waals surface area (Å²) in [5.74, 6) is 0.796. The number of H-pyrrole nitrogens is 1. The number of aromatic amines is 1. The van der Waals surface area contributed by atoms with Gasteiger partial charge in [0.25, 0.3) is 0 Å². The van der Waals surface area contributed by atoms with Crippen molar-refractivity contribution >= 4 is 16.8 Å². The second kappa shape index (κ2) is 17.8. The molecule has 0 aliphatic carbocycles. The summed E-state index contributed by atoms with van der Waals surface area (Å²) in [5, 5.41) is 12.4. The maximum absolute atomic E-state index is 12.8. The number of hydrogen-bond acceptors (Lipinski definition) is 6. The average Bonchev–Trinajstić information content (AvgIpc) is 3.10. The van der Waals surface area contributed by atoms with Gasteiger partial charge in [0, 0.05) is 51.1 Å². The Morgan fingerprint density at radius 1 is 0.872 bits per heavy atom. The number of amides is 1. The molecule has 0 bridgehead atoms. The van der Waals surface area contributed by atoms with E-state index < -0.39 is 6.10 Å². The molecule has 8 nitrogen and oxygen atoms in total. The Hall–Kier alpha value is -3.98. The van der Waals surface area contributed by atoms with Gasteiger partial charge in [0.05, 0.1) is 11.6 Å². The molecule has 1 aliphatic rings. The van der Waals surface area contributed by atoms with E-state index in [0.29, 0.717) is 37.4 Å². The number of benzene rings is 3. The first-order valence-corrected chi connectivity index (χ1v) is 17.2. The summed E-state index contributed by atoms with van der Waals surface area (Å²) < 4.78 is 6.11. The van der Waals surface area contributed by atoms with E-state index in [4.69, 9.17) is 4.74 Å². The normalized spacial score (nSPS) is 14.4. The minimum absolute atomic E-state index is 0.217. The number of hydrogen-bond donors (Lipinski definition) is 2. The van der Waals surface area contributed by atoms with Crippen molar-refractivity contribution in [3.05, 3.63) is 112 Å². The molecular formula is C39H50N4O4. The Bertz CT molecular complexity index is 1590. The van der Waals surface area contributed by atoms with Gasteiger partial charge in [-0.05, 0) is 74.1 Å². The van der Waals surface area contributed by atoms with Crippen molar-refractivity contribution in [2.75, 3.05) is 46.3 Å². The Morgan fingerprint density at radius 2 is 1.60 bits per heavy atom. The molecule has 0 radical (unpaired) electrons. The zero-order valence-corrected chi connectivity index (χ0v) is 27.8. The number of carbonyl (C=O) groups excluding carboxylic acids is 1. The molecule has 1 atom stereocenters. The number of nitrogens with zero attached hydrogens (tertiary/aromatic N) is 3. The molecule has 8 heteroatoms. The number of fused-ring (bicyclic) bond motifs is 1. The number of nitrogens with one attached hydrogen (secondary N) is 1. The number of pyridine rings is 1. The molecule has 1 aromatic heterocycles. The van der Waals surface area contributed by atoms with Gasteiger partial charge in [0.15, 0.2) is 0 Å². The molecule has 250 valence electrons. The first-order valence-electron chi connectivity index (χ1n) is 17.2. The minimum Gasteiger partial charge on any atom is -0.487 e. The van der Waals surface area contributed by atoms with Crippen molar-refractivity contribution in [1.29, 1.82) is 0 Å². The van der Waals surface area contributed by atoms with Crippen LogP contribution in [0.3, 0.4) is 0 Å². The van der Waals surface area contributed by atoms with Gasteiger partial charge in [-0.2, -0.15) is 0 Å². The van der Waals surface area contributed by atoms with Crippen LogP contribution in [-0.2, 0) is 17.9 Å². The zero-order chi connectivity index (χ0) is 32.8. The summed E-state index contributed by atoms with van der Waals surface area (Å²) in [6.45, 7) is 6.39. The number of aliphatic hydroxyl groups is 1. The number of aliphatic hydroxyl groups excluding tert-OH is 1. The number of rotatable bonds is 17. The number of carbonyl (C=O) groups is 1. The van der Waals surface area contributed by atoms with Crippen molar-refractivity contribution in [1.82, 2.24) is 19.7 Å². The predicted molar refractivity (Wildman–Crippen MR) is 188 cm³/mol. The van der Waals surface area contributed by atoms with Gasteiger partial charge in [-0.3, -0.25) is 14.5 Å². The summed E-state index contributed by atoms with van der Waals surface area (Å²) in [6, 6.07) is 27.2. The molecule has 1 amide bonds. The highest BCUT2D eigenvalue weighted by molar-refractivity contribution is 5.87. The van der Waals surface area contributed by atoms with Crippen molar-refractivity contribution in [3.8, 4) is 5.75 Å². The van der Waals surface area contributed by atoms with Crippen LogP contribution in [0.4, 0.5) is 0 Å². The quantitative estimate of drug-likeness (QED) is 0.135. The van der Waals surface area contributed by atoms with Gasteiger partial charge in [0.1, 0.15) is 12.4 Å². The Kier molecular flexibility index (Phi) is 13.0. The van der Waals surface area contributed by atoms with Crippen LogP contribution in [0.25, 0.3) is 10.9 Å². The number of unbranched alkanes of at least 4 members (excludes halogenated alkanes) is 2. The van der Waals surface area contributed by atoms with E-state index in [1.165, 1.54) is 30.9 Å². The fourth-order valence-corrected chi connectivity index (χ4v) is 6.39. The van der Waals surface area contributed by atoms with Crippen molar-refractivity contribution in [2.45, 2.75) is 64.2 Å². The topological polar surface area (TPSA) is 89.1 Å². The van der Waals surface area contributed by atoms with Crippen molar-refractivity contribution < 1.29 is 14.6 Å². The molecule has 2 heterocycles. The molecule has 5 rings (SSSR count). The van der Waals surface area contributed by atoms with E-state index in [0.717, 1.165) is 68.5 Å². The summed E-state index contributed by atoms with van der Waals surface area (Å²) in [5.41, 5.74) is 3.34. The van der Waals surface area contributed by atoms with E-state index in [-0.39, 0.29) is 11.5 Å². The molecule has 0 unspecified atom stereocenters. The predicted octanol–water partition coefficient (Wildman–Crippen LogP) is 6.15. The van der Waals surface area contributed by atoms with Gasteiger partial charge in [-0.25, -0.2) is 0 Å².